The van der Waals surface area contributed by atoms with Crippen LogP contribution in [0.2, 0.25) is 0 Å². The smallest absolute Gasteiger partial charge is 0.274 e. The number of thiophene rings is 1. The molecule has 1 aliphatic heterocycles. The van der Waals surface area contributed by atoms with Crippen LogP contribution in [0.15, 0.2) is 44.4 Å². The molecule has 1 amide bonds. The highest BCUT2D eigenvalue weighted by Gasteiger charge is 2.33. The van der Waals surface area contributed by atoms with Gasteiger partial charge in [0.1, 0.15) is 10.8 Å². The summed E-state index contributed by atoms with van der Waals surface area (Å²) in [5, 5.41) is 2.67. The van der Waals surface area contributed by atoms with E-state index in [1.165, 1.54) is 6.07 Å². The first kappa shape index (κ1) is 13.6. The van der Waals surface area contributed by atoms with Gasteiger partial charge in [0.15, 0.2) is 0 Å². The quantitative estimate of drug-likeness (QED) is 0.880. The van der Waals surface area contributed by atoms with E-state index in [1.54, 1.807) is 30.3 Å². The number of hydrogen-bond acceptors (Lipinski definition) is 4. The molecule has 0 spiro atoms. The van der Waals surface area contributed by atoms with Crippen LogP contribution in [-0.2, 0) is 14.8 Å². The van der Waals surface area contributed by atoms with Gasteiger partial charge < -0.3 is 5.32 Å². The summed E-state index contributed by atoms with van der Waals surface area (Å²) < 4.78 is 27.4. The number of hydrogen-bond donors (Lipinski definition) is 1. The molecule has 8 heteroatoms. The normalized spacial score (nSPS) is 14.8. The van der Waals surface area contributed by atoms with Gasteiger partial charge >= 0.3 is 0 Å². The van der Waals surface area contributed by atoms with Crippen LogP contribution < -0.4 is 9.62 Å². The number of anilines is 2. The molecule has 20 heavy (non-hydrogen) atoms. The van der Waals surface area contributed by atoms with Crippen LogP contribution in [0.5, 0.6) is 0 Å². The number of para-hydroxylation sites is 2. The van der Waals surface area contributed by atoms with E-state index in [0.717, 1.165) is 19.4 Å². The van der Waals surface area contributed by atoms with Gasteiger partial charge in [-0.25, -0.2) is 8.42 Å². The zero-order valence-electron chi connectivity index (χ0n) is 10.0. The van der Waals surface area contributed by atoms with Gasteiger partial charge in [-0.3, -0.25) is 9.10 Å². The molecule has 0 fully saturated rings. The fourth-order valence-electron chi connectivity index (χ4n) is 1.96. The van der Waals surface area contributed by atoms with Crippen LogP contribution in [0.25, 0.3) is 0 Å². The van der Waals surface area contributed by atoms with Crippen molar-refractivity contribution in [2.45, 2.75) is 4.21 Å². The van der Waals surface area contributed by atoms with Crippen LogP contribution in [0.4, 0.5) is 11.4 Å². The van der Waals surface area contributed by atoms with Crippen LogP contribution in [-0.4, -0.2) is 20.9 Å². The number of rotatable bonds is 2. The number of nitrogens with one attached hydrogen (secondary N) is 1. The van der Waals surface area contributed by atoms with Gasteiger partial charge in [-0.05, 0) is 40.2 Å². The zero-order valence-corrected chi connectivity index (χ0v) is 13.3. The minimum Gasteiger partial charge on any atom is -0.323 e. The second kappa shape index (κ2) is 4.87. The lowest BCUT2D eigenvalue weighted by Gasteiger charge is -2.29. The molecule has 1 aromatic carbocycles. The highest BCUT2D eigenvalue weighted by Crippen LogP contribution is 2.36. The number of halogens is 1. The summed E-state index contributed by atoms with van der Waals surface area (Å²) in [5.74, 6) is -0.345. The molecule has 0 aliphatic carbocycles. The van der Waals surface area contributed by atoms with Crippen LogP contribution >= 0.6 is 27.3 Å². The highest BCUT2D eigenvalue weighted by molar-refractivity contribution is 9.11. The summed E-state index contributed by atoms with van der Waals surface area (Å²) in [4.78, 5) is 11.7. The number of sulfonamides is 1. The molecule has 0 saturated heterocycles. The Bertz CT molecular complexity index is 786. The third kappa shape index (κ3) is 2.23. The molecule has 104 valence electrons. The lowest BCUT2D eigenvalue weighted by atomic mass is 10.2. The van der Waals surface area contributed by atoms with Crippen molar-refractivity contribution in [1.29, 1.82) is 0 Å². The third-order valence-electron chi connectivity index (χ3n) is 2.83. The Morgan fingerprint density at radius 2 is 1.95 bits per heavy atom. The van der Waals surface area contributed by atoms with Crippen molar-refractivity contribution in [1.82, 2.24) is 0 Å². The topological polar surface area (TPSA) is 66.5 Å². The maximum atomic E-state index is 12.6. The van der Waals surface area contributed by atoms with E-state index in [-0.39, 0.29) is 16.7 Å². The molecule has 0 unspecified atom stereocenters. The molecule has 2 heterocycles. The maximum Gasteiger partial charge on any atom is 0.274 e. The van der Waals surface area contributed by atoms with Gasteiger partial charge in [-0.15, -0.1) is 11.3 Å². The van der Waals surface area contributed by atoms with Gasteiger partial charge in [-0.2, -0.15) is 0 Å². The summed E-state index contributed by atoms with van der Waals surface area (Å²) >= 11 is 4.37. The molecule has 0 radical (unpaired) electrons. The van der Waals surface area contributed by atoms with E-state index in [1.807, 2.05) is 0 Å². The number of nitrogens with zero attached hydrogens (tertiary/aromatic N) is 1. The number of amides is 1. The highest BCUT2D eigenvalue weighted by atomic mass is 79.9. The Hall–Kier alpha value is -1.38. The van der Waals surface area contributed by atoms with Crippen molar-refractivity contribution < 1.29 is 13.2 Å². The molecule has 1 aliphatic rings. The summed E-state index contributed by atoms with van der Waals surface area (Å²) in [6, 6.07) is 10.0. The minimum atomic E-state index is -3.73. The zero-order chi connectivity index (χ0) is 14.3. The first-order chi connectivity index (χ1) is 9.48. The van der Waals surface area contributed by atoms with Gasteiger partial charge in [-0.1, -0.05) is 12.1 Å². The van der Waals surface area contributed by atoms with E-state index in [4.69, 9.17) is 0 Å². The fraction of sp³-hybridized carbons (Fsp3) is 0.0833. The summed E-state index contributed by atoms with van der Waals surface area (Å²) in [7, 11) is -3.73. The average Bonchev–Trinajstić information content (AvgIpc) is 2.85. The Balaban J connectivity index is 2.13. The predicted molar refractivity (Wildman–Crippen MR) is 81.6 cm³/mol. The Morgan fingerprint density at radius 3 is 2.65 bits per heavy atom. The van der Waals surface area contributed by atoms with E-state index < -0.39 is 10.0 Å². The number of carbonyl (C=O) groups is 1. The molecule has 5 nitrogen and oxygen atoms in total. The lowest BCUT2D eigenvalue weighted by Crippen LogP contribution is -2.41. The summed E-state index contributed by atoms with van der Waals surface area (Å²) in [5.41, 5.74) is 0.986. The summed E-state index contributed by atoms with van der Waals surface area (Å²) in [6.07, 6.45) is 0. The van der Waals surface area contributed by atoms with Crippen molar-refractivity contribution in [3.05, 3.63) is 40.2 Å². The van der Waals surface area contributed by atoms with Crippen LogP contribution in [0.3, 0.4) is 0 Å². The SMILES string of the molecule is O=C1CN(S(=O)(=O)c2ccc(Br)s2)c2ccccc2N1. The molecule has 0 saturated carbocycles. The largest absolute Gasteiger partial charge is 0.323 e. The average molecular weight is 373 g/mol. The predicted octanol–water partition coefficient (Wildman–Crippen LogP) is 2.66. The molecule has 1 aromatic heterocycles. The van der Waals surface area contributed by atoms with E-state index in [2.05, 4.69) is 21.2 Å². The standard InChI is InChI=1S/C12H9BrN2O3S2/c13-10-5-6-12(19-10)20(17,18)15-7-11(16)14-8-3-1-2-4-9(8)15/h1-6H,7H2,(H,14,16). The van der Waals surface area contributed by atoms with Crippen molar-refractivity contribution in [2.24, 2.45) is 0 Å². The van der Waals surface area contributed by atoms with Crippen LogP contribution in [0.1, 0.15) is 0 Å². The van der Waals surface area contributed by atoms with Crippen molar-refractivity contribution >= 4 is 54.6 Å². The Morgan fingerprint density at radius 1 is 1.20 bits per heavy atom. The number of fused-ring (bicyclic) bond motifs is 1. The van der Waals surface area contributed by atoms with Crippen molar-refractivity contribution in [3.8, 4) is 0 Å². The Kier molecular flexibility index (Phi) is 3.31. The maximum absolute atomic E-state index is 12.6. The molecule has 2 aromatic rings. The molecule has 0 atom stereocenters. The van der Waals surface area contributed by atoms with Crippen molar-refractivity contribution in [3.63, 3.8) is 0 Å². The van der Waals surface area contributed by atoms with Gasteiger partial charge in [0.2, 0.25) is 5.91 Å². The van der Waals surface area contributed by atoms with Gasteiger partial charge in [0, 0.05) is 0 Å². The third-order valence-corrected chi connectivity index (χ3v) is 6.68. The van der Waals surface area contributed by atoms with E-state index in [0.29, 0.717) is 11.4 Å². The first-order valence-electron chi connectivity index (χ1n) is 5.65. The van der Waals surface area contributed by atoms with E-state index in [9.17, 15) is 13.2 Å². The minimum absolute atomic E-state index is 0.203. The fourth-order valence-corrected chi connectivity index (χ4v) is 5.53. The Labute approximate surface area is 128 Å². The molecule has 3 rings (SSSR count). The summed E-state index contributed by atoms with van der Waals surface area (Å²) in [6.45, 7) is -0.213. The first-order valence-corrected chi connectivity index (χ1v) is 8.70. The van der Waals surface area contributed by atoms with Crippen LogP contribution in [0, 0.1) is 0 Å². The molecular weight excluding hydrogens is 364 g/mol. The molecular formula is C12H9BrN2O3S2. The molecule has 1 N–H and O–H groups in total. The molecule has 0 bridgehead atoms. The van der Waals surface area contributed by atoms with Crippen molar-refractivity contribution in [2.75, 3.05) is 16.2 Å². The second-order valence-electron chi connectivity index (χ2n) is 4.14. The monoisotopic (exact) mass is 372 g/mol. The number of benzene rings is 1. The number of carbonyl (C=O) groups excluding carboxylic acids is 1. The van der Waals surface area contributed by atoms with Gasteiger partial charge in [0.05, 0.1) is 15.2 Å². The van der Waals surface area contributed by atoms with E-state index >= 15 is 0 Å². The lowest BCUT2D eigenvalue weighted by molar-refractivity contribution is -0.115. The van der Waals surface area contributed by atoms with Gasteiger partial charge in [0.25, 0.3) is 10.0 Å². The second-order valence-corrected chi connectivity index (χ2v) is 8.69.